The Bertz CT molecular complexity index is 1930. The molecule has 4 aromatic carbocycles. The van der Waals surface area contributed by atoms with Crippen LogP contribution in [0.3, 0.4) is 0 Å². The second-order valence-corrected chi connectivity index (χ2v) is 16.0. The fourth-order valence-corrected chi connectivity index (χ4v) is 8.40. The number of aryl methyl sites for hydroxylation is 4. The molecule has 6 nitrogen and oxygen atoms in total. The Kier molecular flexibility index (Phi) is 11.5. The first-order chi connectivity index (χ1) is 25.6. The van der Waals surface area contributed by atoms with Gasteiger partial charge in [-0.3, -0.25) is 0 Å². The van der Waals surface area contributed by atoms with Crippen molar-refractivity contribution in [2.75, 3.05) is 27.1 Å². The van der Waals surface area contributed by atoms with Crippen LogP contribution in [0.2, 0.25) is 0 Å². The lowest BCUT2D eigenvalue weighted by molar-refractivity contribution is -0.156. The average Bonchev–Trinajstić information content (AvgIpc) is 4.07. The number of hydrogen-bond acceptors (Lipinski definition) is 6. The van der Waals surface area contributed by atoms with Gasteiger partial charge in [-0.25, -0.2) is 4.79 Å². The van der Waals surface area contributed by atoms with Crippen LogP contribution >= 0.6 is 11.8 Å². The molecule has 2 fully saturated rings. The summed E-state index contributed by atoms with van der Waals surface area (Å²) in [7, 11) is 3.34. The van der Waals surface area contributed by atoms with Gasteiger partial charge in [0.1, 0.15) is 18.1 Å². The summed E-state index contributed by atoms with van der Waals surface area (Å²) in [6.45, 7) is 9.07. The van der Waals surface area contributed by atoms with Crippen molar-refractivity contribution in [1.29, 1.82) is 0 Å². The summed E-state index contributed by atoms with van der Waals surface area (Å²) >= 11 is 1.72. The van der Waals surface area contributed by atoms with E-state index in [2.05, 4.69) is 42.7 Å². The maximum atomic E-state index is 13.1. The number of carbonyl (C=O) groups is 1. The van der Waals surface area contributed by atoms with Crippen molar-refractivity contribution in [1.82, 2.24) is 0 Å². The second-order valence-electron chi connectivity index (χ2n) is 15.1. The predicted octanol–water partition coefficient (Wildman–Crippen LogP) is 10.9. The van der Waals surface area contributed by atoms with Crippen molar-refractivity contribution >= 4 is 17.7 Å². The van der Waals surface area contributed by atoms with Crippen molar-refractivity contribution < 1.29 is 42.0 Å². The summed E-state index contributed by atoms with van der Waals surface area (Å²) in [5.74, 6) is 0.952. The Morgan fingerprint density at radius 1 is 0.759 bits per heavy atom. The van der Waals surface area contributed by atoms with Gasteiger partial charge in [-0.2, -0.15) is 13.2 Å². The molecule has 4 aromatic rings. The standard InChI is InChI=1S/C44H49F3O6S/c1-24-17-30(34-21-37(34)41(51-7)29-11-15-33(54-8)16-12-29)18-25(2)38(24)52-23-43(5,42(48)49)53-39-26(3)19-31(20-27(39)4)35-22-36(35)40(50-6)28-9-13-32(14-10-28)44(45,46)47/h9-20,34-37,40-41H,21-23H2,1-8H3,(H,48,49). The molecule has 0 aliphatic heterocycles. The van der Waals surface area contributed by atoms with Crippen LogP contribution in [0.1, 0.15) is 93.9 Å². The zero-order chi connectivity index (χ0) is 39.1. The highest BCUT2D eigenvalue weighted by Crippen LogP contribution is 2.57. The van der Waals surface area contributed by atoms with Crippen LogP contribution < -0.4 is 9.47 Å². The van der Waals surface area contributed by atoms with Crippen LogP contribution in [0.5, 0.6) is 11.5 Å². The molecule has 7 unspecified atom stereocenters. The number of alkyl halides is 3. The van der Waals surface area contributed by atoms with E-state index in [1.807, 2.05) is 39.8 Å². The summed E-state index contributed by atoms with van der Waals surface area (Å²) in [6.07, 6.45) is -0.826. The molecule has 10 heteroatoms. The summed E-state index contributed by atoms with van der Waals surface area (Å²) in [4.78, 5) is 13.9. The van der Waals surface area contributed by atoms with Crippen LogP contribution in [0.25, 0.3) is 0 Å². The monoisotopic (exact) mass is 762 g/mol. The molecule has 2 aliphatic carbocycles. The van der Waals surface area contributed by atoms with E-state index in [1.165, 1.54) is 35.1 Å². The van der Waals surface area contributed by atoms with Gasteiger partial charge in [-0.1, -0.05) is 48.5 Å². The van der Waals surface area contributed by atoms with Gasteiger partial charge in [-0.15, -0.1) is 11.8 Å². The molecule has 0 heterocycles. The first kappa shape index (κ1) is 39.7. The summed E-state index contributed by atoms with van der Waals surface area (Å²) in [5, 5.41) is 10.4. The van der Waals surface area contributed by atoms with Gasteiger partial charge in [0.05, 0.1) is 17.8 Å². The lowest BCUT2D eigenvalue weighted by Crippen LogP contribution is -2.47. The molecule has 0 aromatic heterocycles. The molecule has 0 radical (unpaired) electrons. The highest BCUT2D eigenvalue weighted by atomic mass is 32.2. The Hall–Kier alpha value is -3.99. The molecule has 2 aliphatic rings. The van der Waals surface area contributed by atoms with Crippen LogP contribution in [0.15, 0.2) is 77.7 Å². The number of hydrogen-bond donors (Lipinski definition) is 1. The number of methoxy groups -OCH3 is 2. The van der Waals surface area contributed by atoms with E-state index < -0.39 is 23.3 Å². The molecule has 0 amide bonds. The molecule has 54 heavy (non-hydrogen) atoms. The number of aliphatic carboxylic acids is 1. The minimum atomic E-state index is -4.40. The van der Waals surface area contributed by atoms with Crippen molar-refractivity contribution in [3.05, 3.63) is 123 Å². The number of carboxylic acids is 1. The largest absolute Gasteiger partial charge is 0.488 e. The minimum Gasteiger partial charge on any atom is -0.488 e. The Morgan fingerprint density at radius 2 is 1.19 bits per heavy atom. The van der Waals surface area contributed by atoms with Gasteiger partial charge in [0.2, 0.25) is 5.60 Å². The fraction of sp³-hybridized carbons (Fsp3) is 0.432. The van der Waals surface area contributed by atoms with Crippen molar-refractivity contribution in [3.8, 4) is 11.5 Å². The van der Waals surface area contributed by atoms with Crippen LogP contribution in [0.4, 0.5) is 13.2 Å². The molecule has 0 saturated heterocycles. The lowest BCUT2D eigenvalue weighted by Gasteiger charge is -2.29. The highest BCUT2D eigenvalue weighted by Gasteiger charge is 2.47. The lowest BCUT2D eigenvalue weighted by atomic mass is 9.97. The molecule has 0 bridgehead atoms. The zero-order valence-corrected chi connectivity index (χ0v) is 32.9. The number of ether oxygens (including phenoxy) is 4. The Labute approximate surface area is 320 Å². The minimum absolute atomic E-state index is 0.0116. The summed E-state index contributed by atoms with van der Waals surface area (Å²) < 4.78 is 63.7. The quantitative estimate of drug-likeness (QED) is 0.121. The first-order valence-corrected chi connectivity index (χ1v) is 19.4. The molecule has 1 N–H and O–H groups in total. The molecular weight excluding hydrogens is 714 g/mol. The summed E-state index contributed by atoms with van der Waals surface area (Å²) in [6, 6.07) is 22.0. The van der Waals surface area contributed by atoms with Gasteiger partial charge in [0.15, 0.2) is 0 Å². The van der Waals surface area contributed by atoms with Crippen molar-refractivity contribution in [2.45, 2.75) is 88.2 Å². The normalized spacial score (nSPS) is 21.5. The fourth-order valence-electron chi connectivity index (χ4n) is 7.99. The van der Waals surface area contributed by atoms with Crippen molar-refractivity contribution in [3.63, 3.8) is 0 Å². The maximum Gasteiger partial charge on any atom is 0.416 e. The zero-order valence-electron chi connectivity index (χ0n) is 32.0. The van der Waals surface area contributed by atoms with E-state index in [1.54, 1.807) is 26.0 Å². The van der Waals surface area contributed by atoms with Crippen LogP contribution in [0, 0.1) is 39.5 Å². The summed E-state index contributed by atoms with van der Waals surface area (Å²) in [5.41, 5.74) is 5.23. The number of rotatable bonds is 15. The van der Waals surface area contributed by atoms with E-state index in [0.717, 1.165) is 52.8 Å². The van der Waals surface area contributed by atoms with E-state index in [4.69, 9.17) is 18.9 Å². The van der Waals surface area contributed by atoms with E-state index in [-0.39, 0.29) is 30.7 Å². The Balaban J connectivity index is 1.12. The smallest absolute Gasteiger partial charge is 0.416 e. The van der Waals surface area contributed by atoms with E-state index in [9.17, 15) is 23.1 Å². The third-order valence-corrected chi connectivity index (χ3v) is 11.8. The topological polar surface area (TPSA) is 74.2 Å². The predicted molar refractivity (Wildman–Crippen MR) is 205 cm³/mol. The van der Waals surface area contributed by atoms with Crippen molar-refractivity contribution in [2.24, 2.45) is 11.8 Å². The molecule has 288 valence electrons. The molecule has 7 atom stereocenters. The van der Waals surface area contributed by atoms with E-state index in [0.29, 0.717) is 28.9 Å². The first-order valence-electron chi connectivity index (χ1n) is 18.2. The number of carboxylic acid groups (broad SMARTS) is 1. The molecule has 2 saturated carbocycles. The number of halogens is 3. The maximum absolute atomic E-state index is 13.1. The average molecular weight is 763 g/mol. The van der Waals surface area contributed by atoms with Gasteiger partial charge < -0.3 is 24.1 Å². The van der Waals surface area contributed by atoms with Gasteiger partial charge in [-0.05, 0) is 146 Å². The van der Waals surface area contributed by atoms with Gasteiger partial charge >= 0.3 is 12.1 Å². The molecule has 0 spiro atoms. The van der Waals surface area contributed by atoms with Crippen LogP contribution in [-0.4, -0.2) is 43.8 Å². The molecule has 6 rings (SSSR count). The molecular formula is C44H49F3O6S. The second kappa shape index (κ2) is 15.6. The SMILES string of the molecule is COC(c1ccc(SC)cc1)C1CC1c1cc(C)c(OCC(C)(Oc2c(C)cc(C3CC3C(OC)c3ccc(C(F)(F)F)cc3)cc2C)C(=O)O)c(C)c1. The number of thioether (sulfide) groups is 1. The highest BCUT2D eigenvalue weighted by molar-refractivity contribution is 7.98. The van der Waals surface area contributed by atoms with Crippen LogP contribution in [-0.2, 0) is 20.4 Å². The van der Waals surface area contributed by atoms with E-state index >= 15 is 0 Å². The number of benzene rings is 4. The third-order valence-electron chi connectivity index (χ3n) is 11.1. The van der Waals surface area contributed by atoms with Gasteiger partial charge in [0.25, 0.3) is 0 Å². The van der Waals surface area contributed by atoms with Gasteiger partial charge in [0, 0.05) is 19.1 Å². The Morgan fingerprint density at radius 3 is 1.57 bits per heavy atom. The third kappa shape index (κ3) is 8.31.